The number of nitrogens with zero attached hydrogens (tertiary/aromatic N) is 2. The van der Waals surface area contributed by atoms with Crippen LogP contribution in [0.1, 0.15) is 4.88 Å². The molecule has 0 saturated carbocycles. The monoisotopic (exact) mass is 356 g/mol. The number of anilines is 2. The molecule has 26 heavy (non-hydrogen) atoms. The largest absolute Gasteiger partial charge is 0.355 e. The minimum atomic E-state index is 0.965. The van der Waals surface area contributed by atoms with Crippen LogP contribution in [0.25, 0.3) is 32.2 Å². The summed E-state index contributed by atoms with van der Waals surface area (Å²) >= 11 is 1.82. The third-order valence-electron chi connectivity index (χ3n) is 4.43. The summed E-state index contributed by atoms with van der Waals surface area (Å²) in [5.74, 6) is 0. The van der Waals surface area contributed by atoms with Crippen LogP contribution in [0, 0.1) is 6.92 Å². The lowest BCUT2D eigenvalue weighted by Crippen LogP contribution is -1.92. The Labute approximate surface area is 154 Å². The lowest BCUT2D eigenvalue weighted by molar-refractivity contribution is 1.12. The van der Waals surface area contributed by atoms with Gasteiger partial charge in [0.15, 0.2) is 0 Å². The first kappa shape index (κ1) is 15.1. The van der Waals surface area contributed by atoms with Crippen LogP contribution in [0.3, 0.4) is 0 Å². The zero-order valence-corrected chi connectivity index (χ0v) is 15.0. The summed E-state index contributed by atoms with van der Waals surface area (Å²) in [4.78, 5) is 5.89. The van der Waals surface area contributed by atoms with Crippen LogP contribution in [0.2, 0.25) is 0 Å². The zero-order valence-electron chi connectivity index (χ0n) is 14.2. The van der Waals surface area contributed by atoms with Crippen LogP contribution in [-0.2, 0) is 0 Å². The molecule has 5 heteroatoms. The number of aryl methyl sites for hydroxylation is 1. The number of nitrogens with one attached hydrogen (secondary N) is 2. The molecule has 2 N–H and O–H groups in total. The third-order valence-corrected chi connectivity index (χ3v) is 5.44. The molecule has 126 valence electrons. The highest BCUT2D eigenvalue weighted by Gasteiger charge is 2.05. The predicted molar refractivity (Wildman–Crippen MR) is 109 cm³/mol. The number of aromatic amines is 1. The quantitative estimate of drug-likeness (QED) is 0.424. The van der Waals surface area contributed by atoms with Crippen molar-refractivity contribution in [2.45, 2.75) is 6.92 Å². The van der Waals surface area contributed by atoms with E-state index >= 15 is 0 Å². The van der Waals surface area contributed by atoms with Gasteiger partial charge in [-0.05, 0) is 54.8 Å². The van der Waals surface area contributed by atoms with Gasteiger partial charge in [0.05, 0.1) is 17.4 Å². The third kappa shape index (κ3) is 2.72. The maximum atomic E-state index is 4.56. The Morgan fingerprint density at radius 3 is 2.81 bits per heavy atom. The Balaban J connectivity index is 1.48. The van der Waals surface area contributed by atoms with Crippen molar-refractivity contribution in [1.29, 1.82) is 0 Å². The lowest BCUT2D eigenvalue weighted by Gasteiger charge is -2.08. The van der Waals surface area contributed by atoms with E-state index in [1.54, 1.807) is 0 Å². The van der Waals surface area contributed by atoms with Gasteiger partial charge in [-0.2, -0.15) is 5.10 Å². The molecular formula is C21H16N4S. The van der Waals surface area contributed by atoms with Gasteiger partial charge in [0.2, 0.25) is 0 Å². The highest BCUT2D eigenvalue weighted by molar-refractivity contribution is 7.19. The van der Waals surface area contributed by atoms with Gasteiger partial charge in [0.25, 0.3) is 0 Å². The summed E-state index contributed by atoms with van der Waals surface area (Å²) in [6, 6.07) is 19.0. The molecule has 0 saturated heterocycles. The van der Waals surface area contributed by atoms with E-state index in [4.69, 9.17) is 0 Å². The molecular weight excluding hydrogens is 340 g/mol. The average Bonchev–Trinajstić information content (AvgIpc) is 3.26. The number of H-pyrrole nitrogens is 1. The van der Waals surface area contributed by atoms with E-state index in [-0.39, 0.29) is 0 Å². The van der Waals surface area contributed by atoms with Gasteiger partial charge in [0.1, 0.15) is 0 Å². The van der Waals surface area contributed by atoms with Crippen LogP contribution in [-0.4, -0.2) is 15.2 Å². The van der Waals surface area contributed by atoms with E-state index < -0.39 is 0 Å². The van der Waals surface area contributed by atoms with Gasteiger partial charge < -0.3 is 5.32 Å². The molecule has 0 bridgehead atoms. The molecule has 0 amide bonds. The SMILES string of the molecule is Cc1cc2ccc(-c3cc(Nc4ccc5[nH]ncc5c4)ccn3)cc2s1. The number of hydrogen-bond donors (Lipinski definition) is 2. The van der Waals surface area contributed by atoms with Crippen LogP contribution < -0.4 is 5.32 Å². The number of rotatable bonds is 3. The molecule has 2 aromatic carbocycles. The van der Waals surface area contributed by atoms with E-state index in [1.807, 2.05) is 41.9 Å². The van der Waals surface area contributed by atoms with Gasteiger partial charge in [-0.1, -0.05) is 12.1 Å². The Morgan fingerprint density at radius 2 is 1.85 bits per heavy atom. The minimum absolute atomic E-state index is 0.965. The van der Waals surface area contributed by atoms with Gasteiger partial charge in [-0.3, -0.25) is 10.1 Å². The summed E-state index contributed by atoms with van der Waals surface area (Å²) in [6.45, 7) is 2.14. The molecule has 3 heterocycles. The first-order chi connectivity index (χ1) is 12.7. The molecule has 0 radical (unpaired) electrons. The Kier molecular flexibility index (Phi) is 3.47. The minimum Gasteiger partial charge on any atom is -0.355 e. The maximum Gasteiger partial charge on any atom is 0.0723 e. The van der Waals surface area contributed by atoms with Crippen LogP contribution >= 0.6 is 11.3 Å². The van der Waals surface area contributed by atoms with E-state index in [1.165, 1.54) is 15.0 Å². The van der Waals surface area contributed by atoms with Crippen LogP contribution in [0.4, 0.5) is 11.4 Å². The number of aromatic nitrogens is 3. The first-order valence-electron chi connectivity index (χ1n) is 8.41. The van der Waals surface area contributed by atoms with Gasteiger partial charge >= 0.3 is 0 Å². The Morgan fingerprint density at radius 1 is 0.923 bits per heavy atom. The van der Waals surface area contributed by atoms with E-state index in [9.17, 15) is 0 Å². The van der Waals surface area contributed by atoms with Gasteiger partial charge in [-0.25, -0.2) is 0 Å². The fourth-order valence-corrected chi connectivity index (χ4v) is 4.14. The molecule has 0 unspecified atom stereocenters. The van der Waals surface area contributed by atoms with Gasteiger partial charge in [0, 0.05) is 38.1 Å². The van der Waals surface area contributed by atoms with E-state index in [2.05, 4.69) is 63.8 Å². The number of thiophene rings is 1. The zero-order chi connectivity index (χ0) is 17.5. The second-order valence-corrected chi connectivity index (χ2v) is 7.62. The van der Waals surface area contributed by atoms with Crippen molar-refractivity contribution in [2.75, 3.05) is 5.32 Å². The molecule has 0 aliphatic carbocycles. The van der Waals surface area contributed by atoms with Crippen molar-refractivity contribution in [3.63, 3.8) is 0 Å². The Bertz CT molecular complexity index is 1240. The molecule has 0 fully saturated rings. The molecule has 5 rings (SSSR count). The molecule has 3 aromatic heterocycles. The smallest absolute Gasteiger partial charge is 0.0723 e. The molecule has 0 aliphatic rings. The van der Waals surface area contributed by atoms with Crippen LogP contribution in [0.15, 0.2) is 67.0 Å². The number of pyridine rings is 1. The molecule has 0 aliphatic heterocycles. The average molecular weight is 356 g/mol. The van der Waals surface area contributed by atoms with Crippen molar-refractivity contribution in [3.8, 4) is 11.3 Å². The maximum absolute atomic E-state index is 4.56. The van der Waals surface area contributed by atoms with Crippen molar-refractivity contribution in [1.82, 2.24) is 15.2 Å². The number of fused-ring (bicyclic) bond motifs is 2. The normalized spacial score (nSPS) is 11.3. The lowest BCUT2D eigenvalue weighted by atomic mass is 10.1. The van der Waals surface area contributed by atoms with Crippen molar-refractivity contribution in [2.24, 2.45) is 0 Å². The van der Waals surface area contributed by atoms with Crippen molar-refractivity contribution in [3.05, 3.63) is 71.9 Å². The summed E-state index contributed by atoms with van der Waals surface area (Å²) in [6.07, 6.45) is 3.68. The highest BCUT2D eigenvalue weighted by atomic mass is 32.1. The second kappa shape index (κ2) is 5.97. The molecule has 0 atom stereocenters. The van der Waals surface area contributed by atoms with Crippen LogP contribution in [0.5, 0.6) is 0 Å². The first-order valence-corrected chi connectivity index (χ1v) is 9.23. The summed E-state index contributed by atoms with van der Waals surface area (Å²) in [5, 5.41) is 12.9. The summed E-state index contributed by atoms with van der Waals surface area (Å²) in [5.41, 5.74) is 5.17. The van der Waals surface area contributed by atoms with Crippen molar-refractivity contribution >= 4 is 43.7 Å². The van der Waals surface area contributed by atoms with Gasteiger partial charge in [-0.15, -0.1) is 11.3 Å². The topological polar surface area (TPSA) is 53.6 Å². The Hall–Kier alpha value is -3.18. The second-order valence-electron chi connectivity index (χ2n) is 6.34. The fourth-order valence-electron chi connectivity index (χ4n) is 3.18. The number of hydrogen-bond acceptors (Lipinski definition) is 4. The van der Waals surface area contributed by atoms with Crippen molar-refractivity contribution < 1.29 is 0 Å². The fraction of sp³-hybridized carbons (Fsp3) is 0.0476. The molecule has 0 spiro atoms. The number of benzene rings is 2. The highest BCUT2D eigenvalue weighted by Crippen LogP contribution is 2.30. The standard InChI is InChI=1S/C21H16N4S/c1-13-8-15-3-2-14(10-21(15)26-13)20-11-18(6-7-22-20)24-17-4-5-19-16(9-17)12-23-25-19/h2-12H,1H3,(H,22,24)(H,23,25). The molecule has 4 nitrogen and oxygen atoms in total. The predicted octanol–water partition coefficient (Wildman–Crippen LogP) is 5.89. The van der Waals surface area contributed by atoms with E-state index in [0.717, 1.165) is 33.5 Å². The summed E-state index contributed by atoms with van der Waals surface area (Å²) < 4.78 is 1.30. The van der Waals surface area contributed by atoms with E-state index in [0.29, 0.717) is 0 Å². The summed E-state index contributed by atoms with van der Waals surface area (Å²) in [7, 11) is 0. The molecule has 5 aromatic rings.